The van der Waals surface area contributed by atoms with Gasteiger partial charge in [-0.25, -0.2) is 4.39 Å². The lowest BCUT2D eigenvalue weighted by Gasteiger charge is -2.10. The Balaban J connectivity index is 1.69. The topological polar surface area (TPSA) is 85.8 Å². The highest BCUT2D eigenvalue weighted by Gasteiger charge is 2.16. The van der Waals surface area contributed by atoms with E-state index in [1.54, 1.807) is 48.4 Å². The molecule has 25 heavy (non-hydrogen) atoms. The van der Waals surface area contributed by atoms with Crippen LogP contribution in [0.2, 0.25) is 0 Å². The van der Waals surface area contributed by atoms with E-state index in [4.69, 9.17) is 5.73 Å². The van der Waals surface area contributed by atoms with Crippen molar-refractivity contribution in [3.8, 4) is 11.3 Å². The number of hydrogen-bond acceptors (Lipinski definition) is 4. The zero-order valence-electron chi connectivity index (χ0n) is 13.7. The number of aryl methyl sites for hydroxylation is 1. The van der Waals surface area contributed by atoms with E-state index in [2.05, 4.69) is 15.4 Å². The number of pyridine rings is 1. The molecule has 0 radical (unpaired) electrons. The van der Waals surface area contributed by atoms with Gasteiger partial charge in [0.25, 0.3) is 0 Å². The number of aromatic nitrogens is 3. The number of hydrogen-bond donors (Lipinski definition) is 2. The van der Waals surface area contributed by atoms with E-state index in [0.717, 1.165) is 16.8 Å². The molecule has 0 saturated heterocycles. The molecule has 0 saturated carbocycles. The zero-order chi connectivity index (χ0) is 17.8. The summed E-state index contributed by atoms with van der Waals surface area (Å²) in [6.45, 7) is 0. The monoisotopic (exact) mass is 339 g/mol. The molecule has 0 aliphatic carbocycles. The standard InChI is InChI=1S/C18H18FN5O/c1-24-16(13-4-6-14(19)7-5-13)10-17(23-24)22-18(25)15(20)9-12-3-2-8-21-11-12/h2-8,10-11,15H,9,20H2,1H3,(H,22,23,25). The highest BCUT2D eigenvalue weighted by atomic mass is 19.1. The quantitative estimate of drug-likeness (QED) is 0.746. The lowest BCUT2D eigenvalue weighted by atomic mass is 10.1. The van der Waals surface area contributed by atoms with E-state index in [-0.39, 0.29) is 11.7 Å². The van der Waals surface area contributed by atoms with E-state index in [1.165, 1.54) is 12.1 Å². The van der Waals surface area contributed by atoms with E-state index in [0.29, 0.717) is 12.2 Å². The fourth-order valence-corrected chi connectivity index (χ4v) is 2.50. The van der Waals surface area contributed by atoms with Gasteiger partial charge in [-0.05, 0) is 42.3 Å². The van der Waals surface area contributed by atoms with Crippen LogP contribution in [0.4, 0.5) is 10.2 Å². The predicted molar refractivity (Wildman–Crippen MR) is 93.1 cm³/mol. The third kappa shape index (κ3) is 4.07. The minimum Gasteiger partial charge on any atom is -0.320 e. The molecule has 0 fully saturated rings. The molecule has 0 spiro atoms. The summed E-state index contributed by atoms with van der Waals surface area (Å²) in [4.78, 5) is 16.3. The number of nitrogens with two attached hydrogens (primary N) is 1. The minimum absolute atomic E-state index is 0.305. The molecule has 0 aliphatic rings. The summed E-state index contributed by atoms with van der Waals surface area (Å²) in [7, 11) is 1.75. The molecule has 2 heterocycles. The SMILES string of the molecule is Cn1nc(NC(=O)C(N)Cc2cccnc2)cc1-c1ccc(F)cc1. The molecule has 3 aromatic rings. The number of benzene rings is 1. The molecule has 0 bridgehead atoms. The van der Waals surface area contributed by atoms with Crippen molar-refractivity contribution in [2.45, 2.75) is 12.5 Å². The van der Waals surface area contributed by atoms with Crippen molar-refractivity contribution in [3.63, 3.8) is 0 Å². The molecule has 0 aliphatic heterocycles. The first kappa shape index (κ1) is 16.8. The second-order valence-corrected chi connectivity index (χ2v) is 5.71. The van der Waals surface area contributed by atoms with Crippen LogP contribution in [0.15, 0.2) is 54.9 Å². The van der Waals surface area contributed by atoms with Gasteiger partial charge in [0.2, 0.25) is 5.91 Å². The first-order valence-electron chi connectivity index (χ1n) is 7.78. The van der Waals surface area contributed by atoms with Crippen LogP contribution in [0.25, 0.3) is 11.3 Å². The fourth-order valence-electron chi connectivity index (χ4n) is 2.50. The van der Waals surface area contributed by atoms with E-state index >= 15 is 0 Å². The molecular formula is C18H18FN5O. The van der Waals surface area contributed by atoms with Crippen molar-refractivity contribution in [2.75, 3.05) is 5.32 Å². The molecule has 7 heteroatoms. The van der Waals surface area contributed by atoms with Crippen LogP contribution in [0.3, 0.4) is 0 Å². The Kier molecular flexibility index (Phi) is 4.85. The summed E-state index contributed by atoms with van der Waals surface area (Å²) in [6, 6.07) is 10.8. The predicted octanol–water partition coefficient (Wildman–Crippen LogP) is 2.13. The van der Waals surface area contributed by atoms with Crippen LogP contribution < -0.4 is 11.1 Å². The summed E-state index contributed by atoms with van der Waals surface area (Å²) >= 11 is 0. The molecule has 2 aromatic heterocycles. The Bertz CT molecular complexity index is 861. The second-order valence-electron chi connectivity index (χ2n) is 5.71. The van der Waals surface area contributed by atoms with Gasteiger partial charge >= 0.3 is 0 Å². The van der Waals surface area contributed by atoms with Gasteiger partial charge < -0.3 is 11.1 Å². The number of anilines is 1. The first-order chi connectivity index (χ1) is 12.0. The normalized spacial score (nSPS) is 12.0. The molecule has 1 aromatic carbocycles. The van der Waals surface area contributed by atoms with Crippen molar-refractivity contribution in [1.29, 1.82) is 0 Å². The smallest absolute Gasteiger partial charge is 0.242 e. The Morgan fingerprint density at radius 2 is 2.08 bits per heavy atom. The van der Waals surface area contributed by atoms with Crippen LogP contribution in [0.5, 0.6) is 0 Å². The maximum Gasteiger partial charge on any atom is 0.242 e. The Hall–Kier alpha value is -3.06. The second kappa shape index (κ2) is 7.23. The van der Waals surface area contributed by atoms with Crippen molar-refractivity contribution in [1.82, 2.24) is 14.8 Å². The molecule has 3 rings (SSSR count). The number of halogens is 1. The van der Waals surface area contributed by atoms with Crippen LogP contribution in [-0.2, 0) is 18.3 Å². The van der Waals surface area contributed by atoms with Crippen molar-refractivity contribution in [2.24, 2.45) is 12.8 Å². The van der Waals surface area contributed by atoms with Crippen LogP contribution >= 0.6 is 0 Å². The molecule has 128 valence electrons. The van der Waals surface area contributed by atoms with Gasteiger partial charge in [-0.15, -0.1) is 0 Å². The van der Waals surface area contributed by atoms with Gasteiger partial charge in [0.15, 0.2) is 5.82 Å². The van der Waals surface area contributed by atoms with E-state index in [1.807, 2.05) is 6.07 Å². The van der Waals surface area contributed by atoms with Crippen molar-refractivity contribution < 1.29 is 9.18 Å². The maximum absolute atomic E-state index is 13.1. The molecule has 6 nitrogen and oxygen atoms in total. The Labute approximate surface area is 144 Å². The largest absolute Gasteiger partial charge is 0.320 e. The van der Waals surface area contributed by atoms with Gasteiger partial charge in [0.1, 0.15) is 5.82 Å². The lowest BCUT2D eigenvalue weighted by molar-refractivity contribution is -0.117. The Morgan fingerprint density at radius 3 is 2.76 bits per heavy atom. The van der Waals surface area contributed by atoms with Gasteiger partial charge in [-0.1, -0.05) is 6.07 Å². The molecule has 1 unspecified atom stereocenters. The highest BCUT2D eigenvalue weighted by Crippen LogP contribution is 2.22. The summed E-state index contributed by atoms with van der Waals surface area (Å²) in [5.74, 6) is -0.234. The fraction of sp³-hybridized carbons (Fsp3) is 0.167. The molecule has 1 atom stereocenters. The third-order valence-electron chi connectivity index (χ3n) is 3.79. The van der Waals surface area contributed by atoms with Crippen LogP contribution in [-0.4, -0.2) is 26.7 Å². The highest BCUT2D eigenvalue weighted by molar-refractivity contribution is 5.94. The molecule has 3 N–H and O–H groups in total. The van der Waals surface area contributed by atoms with Gasteiger partial charge in [-0.2, -0.15) is 5.10 Å². The average molecular weight is 339 g/mol. The van der Waals surface area contributed by atoms with E-state index in [9.17, 15) is 9.18 Å². The number of carbonyl (C=O) groups is 1. The Morgan fingerprint density at radius 1 is 1.32 bits per heavy atom. The summed E-state index contributed by atoms with van der Waals surface area (Å²) in [5, 5.41) is 6.98. The van der Waals surface area contributed by atoms with Gasteiger partial charge in [0, 0.05) is 31.1 Å². The first-order valence-corrected chi connectivity index (χ1v) is 7.78. The van der Waals surface area contributed by atoms with E-state index < -0.39 is 6.04 Å². The maximum atomic E-state index is 13.1. The zero-order valence-corrected chi connectivity index (χ0v) is 13.7. The number of amides is 1. The summed E-state index contributed by atoms with van der Waals surface area (Å²) in [6.07, 6.45) is 3.73. The van der Waals surface area contributed by atoms with Crippen molar-refractivity contribution >= 4 is 11.7 Å². The third-order valence-corrected chi connectivity index (χ3v) is 3.79. The minimum atomic E-state index is -0.708. The summed E-state index contributed by atoms with van der Waals surface area (Å²) < 4.78 is 14.7. The lowest BCUT2D eigenvalue weighted by Crippen LogP contribution is -2.37. The average Bonchev–Trinajstić information content (AvgIpc) is 2.96. The number of nitrogens with zero attached hydrogens (tertiary/aromatic N) is 3. The van der Waals surface area contributed by atoms with Crippen LogP contribution in [0.1, 0.15) is 5.56 Å². The van der Waals surface area contributed by atoms with Gasteiger partial charge in [0.05, 0.1) is 11.7 Å². The number of rotatable bonds is 5. The van der Waals surface area contributed by atoms with Crippen LogP contribution in [0, 0.1) is 5.82 Å². The summed E-state index contributed by atoms with van der Waals surface area (Å²) in [5.41, 5.74) is 8.40. The number of nitrogens with one attached hydrogen (secondary N) is 1. The molecular weight excluding hydrogens is 321 g/mol. The van der Waals surface area contributed by atoms with Gasteiger partial charge in [-0.3, -0.25) is 14.5 Å². The van der Waals surface area contributed by atoms with Crippen molar-refractivity contribution in [3.05, 3.63) is 66.2 Å². The molecule has 1 amide bonds. The number of carbonyl (C=O) groups excluding carboxylic acids is 1.